The van der Waals surface area contributed by atoms with Crippen molar-refractivity contribution in [2.45, 2.75) is 18.4 Å². The predicted octanol–water partition coefficient (Wildman–Crippen LogP) is 1.50. The number of sulfonamides is 1. The molecular weight excluding hydrogens is 306 g/mol. The molecule has 0 atom stereocenters. The molecule has 0 spiro atoms. The molecule has 0 bridgehead atoms. The molecule has 0 saturated heterocycles. The Morgan fingerprint density at radius 2 is 2.00 bits per heavy atom. The average molecular weight is 321 g/mol. The molecule has 0 aliphatic carbocycles. The lowest BCUT2D eigenvalue weighted by molar-refractivity contribution is 0.580. The molecule has 7 heteroatoms. The van der Waals surface area contributed by atoms with Crippen molar-refractivity contribution in [1.82, 2.24) is 9.71 Å². The number of hydrogen-bond acceptors (Lipinski definition) is 4. The lowest BCUT2D eigenvalue weighted by Gasteiger charge is -2.11. The van der Waals surface area contributed by atoms with Crippen LogP contribution in [0.5, 0.6) is 0 Å². The van der Waals surface area contributed by atoms with Crippen molar-refractivity contribution in [2.24, 2.45) is 5.73 Å². The maximum absolute atomic E-state index is 12.4. The monoisotopic (exact) mass is 321 g/mol. The molecule has 0 radical (unpaired) electrons. The minimum atomic E-state index is -3.71. The normalized spacial score (nSPS) is 11.3. The number of hydrogen-bond donors (Lipinski definition) is 2. The van der Waals surface area contributed by atoms with Crippen LogP contribution in [0.15, 0.2) is 47.5 Å². The van der Waals surface area contributed by atoms with Gasteiger partial charge in [-0.3, -0.25) is 4.98 Å². The van der Waals surface area contributed by atoms with E-state index in [1.807, 2.05) is 13.0 Å². The van der Waals surface area contributed by atoms with Crippen LogP contribution in [0.4, 0.5) is 0 Å². The van der Waals surface area contributed by atoms with Crippen LogP contribution in [0.3, 0.4) is 0 Å². The first-order chi connectivity index (χ1) is 9.92. The van der Waals surface area contributed by atoms with E-state index in [9.17, 15) is 8.42 Å². The highest BCUT2D eigenvalue weighted by Gasteiger charge is 2.19. The molecule has 3 N–H and O–H groups in total. The van der Waals surface area contributed by atoms with Crippen LogP contribution in [-0.4, -0.2) is 18.4 Å². The Kier molecular flexibility index (Phi) is 4.66. The quantitative estimate of drug-likeness (QED) is 0.815. The second-order valence-electron chi connectivity index (χ2n) is 4.45. The average Bonchev–Trinajstić information content (AvgIpc) is 2.46. The summed E-state index contributed by atoms with van der Waals surface area (Å²) < 4.78 is 27.3. The van der Waals surface area contributed by atoms with Crippen LogP contribution in [0.1, 0.15) is 16.8 Å². The van der Waals surface area contributed by atoms with Gasteiger partial charge < -0.3 is 5.73 Å². The number of nitrogens with one attached hydrogen (secondary N) is 1. The summed E-state index contributed by atoms with van der Waals surface area (Å²) in [6, 6.07) is 10.1. The summed E-state index contributed by atoms with van der Waals surface area (Å²) >= 11 is 4.89. The SMILES string of the molecule is Cc1cccnc1CNS(=O)(=O)c1ccccc1C(N)=S. The summed E-state index contributed by atoms with van der Waals surface area (Å²) in [4.78, 5) is 4.28. The van der Waals surface area contributed by atoms with Gasteiger partial charge in [-0.1, -0.05) is 36.5 Å². The van der Waals surface area contributed by atoms with Crippen LogP contribution in [0.25, 0.3) is 0 Å². The van der Waals surface area contributed by atoms with Crippen molar-refractivity contribution in [3.8, 4) is 0 Å². The van der Waals surface area contributed by atoms with Crippen LogP contribution < -0.4 is 10.5 Å². The number of pyridine rings is 1. The summed E-state index contributed by atoms with van der Waals surface area (Å²) in [5.74, 6) is 0. The van der Waals surface area contributed by atoms with E-state index in [1.54, 1.807) is 30.5 Å². The molecule has 0 aliphatic rings. The lowest BCUT2D eigenvalue weighted by atomic mass is 10.2. The van der Waals surface area contributed by atoms with Gasteiger partial charge in [0.2, 0.25) is 10.0 Å². The van der Waals surface area contributed by atoms with E-state index in [4.69, 9.17) is 18.0 Å². The Balaban J connectivity index is 2.28. The van der Waals surface area contributed by atoms with Gasteiger partial charge in [-0.25, -0.2) is 13.1 Å². The number of benzene rings is 1. The van der Waals surface area contributed by atoms with Gasteiger partial charge >= 0.3 is 0 Å². The molecule has 0 fully saturated rings. The summed E-state index contributed by atoms with van der Waals surface area (Å²) in [6.07, 6.45) is 1.62. The van der Waals surface area contributed by atoms with E-state index in [2.05, 4.69) is 9.71 Å². The van der Waals surface area contributed by atoms with E-state index < -0.39 is 10.0 Å². The van der Waals surface area contributed by atoms with E-state index >= 15 is 0 Å². The Morgan fingerprint density at radius 1 is 1.29 bits per heavy atom. The lowest BCUT2D eigenvalue weighted by Crippen LogP contribution is -2.26. The topological polar surface area (TPSA) is 85.1 Å². The minimum absolute atomic E-state index is 0.0463. The van der Waals surface area contributed by atoms with Crippen LogP contribution in [0, 0.1) is 6.92 Å². The second-order valence-corrected chi connectivity index (χ2v) is 6.63. The molecule has 0 aliphatic heterocycles. The van der Waals surface area contributed by atoms with Crippen molar-refractivity contribution in [1.29, 1.82) is 0 Å². The van der Waals surface area contributed by atoms with Crippen LogP contribution in [0.2, 0.25) is 0 Å². The first-order valence-electron chi connectivity index (χ1n) is 6.21. The molecule has 5 nitrogen and oxygen atoms in total. The summed E-state index contributed by atoms with van der Waals surface area (Å²) in [5, 5.41) is 0. The maximum Gasteiger partial charge on any atom is 0.241 e. The van der Waals surface area contributed by atoms with Gasteiger partial charge in [-0.15, -0.1) is 0 Å². The zero-order valence-corrected chi connectivity index (χ0v) is 13.0. The number of nitrogens with zero attached hydrogens (tertiary/aromatic N) is 1. The third-order valence-electron chi connectivity index (χ3n) is 2.99. The Bertz CT molecular complexity index is 773. The number of rotatable bonds is 5. The number of aryl methyl sites for hydroxylation is 1. The van der Waals surface area contributed by atoms with E-state index in [1.165, 1.54) is 6.07 Å². The van der Waals surface area contributed by atoms with Crippen LogP contribution in [-0.2, 0) is 16.6 Å². The first kappa shape index (κ1) is 15.6. The summed E-state index contributed by atoms with van der Waals surface area (Å²) in [6.45, 7) is 1.99. The van der Waals surface area contributed by atoms with E-state index in [0.717, 1.165) is 5.56 Å². The summed E-state index contributed by atoms with van der Waals surface area (Å²) in [5.41, 5.74) is 7.49. The zero-order valence-electron chi connectivity index (χ0n) is 11.4. The number of aromatic nitrogens is 1. The first-order valence-corrected chi connectivity index (χ1v) is 8.10. The van der Waals surface area contributed by atoms with Crippen molar-refractivity contribution >= 4 is 27.2 Å². The van der Waals surface area contributed by atoms with Gasteiger partial charge in [-0.05, 0) is 24.6 Å². The van der Waals surface area contributed by atoms with Crippen molar-refractivity contribution in [3.05, 3.63) is 59.4 Å². The van der Waals surface area contributed by atoms with Crippen molar-refractivity contribution in [2.75, 3.05) is 0 Å². The fourth-order valence-electron chi connectivity index (χ4n) is 1.85. The number of nitrogens with two attached hydrogens (primary N) is 1. The minimum Gasteiger partial charge on any atom is -0.389 e. The molecule has 21 heavy (non-hydrogen) atoms. The van der Waals surface area contributed by atoms with Gasteiger partial charge in [0.25, 0.3) is 0 Å². The molecule has 1 aromatic heterocycles. The molecule has 110 valence electrons. The summed E-state index contributed by atoms with van der Waals surface area (Å²) in [7, 11) is -3.71. The van der Waals surface area contributed by atoms with Gasteiger partial charge in [-0.2, -0.15) is 0 Å². The molecular formula is C14H15N3O2S2. The molecule has 0 amide bonds. The predicted molar refractivity (Wildman–Crippen MR) is 85.3 cm³/mol. The third-order valence-corrected chi connectivity index (χ3v) is 4.67. The fraction of sp³-hybridized carbons (Fsp3) is 0.143. The smallest absolute Gasteiger partial charge is 0.241 e. The molecule has 1 heterocycles. The number of thiocarbonyl (C=S) groups is 1. The maximum atomic E-state index is 12.4. The van der Waals surface area contributed by atoms with E-state index in [0.29, 0.717) is 11.3 Å². The zero-order chi connectivity index (χ0) is 15.5. The third kappa shape index (κ3) is 3.63. The fourth-order valence-corrected chi connectivity index (χ4v) is 3.30. The highest BCUT2D eigenvalue weighted by Crippen LogP contribution is 2.16. The largest absolute Gasteiger partial charge is 0.389 e. The molecule has 2 rings (SSSR count). The van der Waals surface area contributed by atoms with Crippen molar-refractivity contribution < 1.29 is 8.42 Å². The van der Waals surface area contributed by atoms with Gasteiger partial charge in [0, 0.05) is 11.8 Å². The standard InChI is InChI=1S/C14H15N3O2S2/c1-10-5-4-8-16-12(10)9-17-21(18,19)13-7-3-2-6-11(13)14(15)20/h2-8,17H,9H2,1H3,(H2,15,20). The van der Waals surface area contributed by atoms with E-state index in [-0.39, 0.29) is 16.4 Å². The second kappa shape index (κ2) is 6.30. The molecule has 0 unspecified atom stereocenters. The van der Waals surface area contributed by atoms with Gasteiger partial charge in [0.1, 0.15) is 4.99 Å². The van der Waals surface area contributed by atoms with Crippen molar-refractivity contribution in [3.63, 3.8) is 0 Å². The van der Waals surface area contributed by atoms with Gasteiger partial charge in [0.05, 0.1) is 17.1 Å². The van der Waals surface area contributed by atoms with Crippen LogP contribution >= 0.6 is 12.2 Å². The highest BCUT2D eigenvalue weighted by molar-refractivity contribution is 7.89. The molecule has 1 aromatic carbocycles. The van der Waals surface area contributed by atoms with Gasteiger partial charge in [0.15, 0.2) is 0 Å². The molecule has 2 aromatic rings. The molecule has 0 saturated carbocycles. The Morgan fingerprint density at radius 3 is 2.67 bits per heavy atom. The Labute approximate surface area is 129 Å². The Hall–Kier alpha value is -1.83. The highest BCUT2D eigenvalue weighted by atomic mass is 32.2.